The zero-order chi connectivity index (χ0) is 9.84. The van der Waals surface area contributed by atoms with Gasteiger partial charge in [-0.25, -0.2) is 4.79 Å². The largest absolute Gasteiger partial charge is 0.494 e. The van der Waals surface area contributed by atoms with Gasteiger partial charge in [-0.15, -0.1) is 0 Å². The summed E-state index contributed by atoms with van der Waals surface area (Å²) in [5.74, 6) is -0.189. The van der Waals surface area contributed by atoms with Crippen LogP contribution in [0.4, 0.5) is 0 Å². The van der Waals surface area contributed by atoms with E-state index in [-0.39, 0.29) is 0 Å². The monoisotopic (exact) mass is 180 g/mol. The normalized spacial score (nSPS) is 9.69. The number of carboxylic acid groups (broad SMARTS) is 1. The predicted octanol–water partition coefficient (Wildman–Crippen LogP) is 2.09. The molecule has 0 fully saturated rings. The van der Waals surface area contributed by atoms with Crippen molar-refractivity contribution >= 4 is 5.97 Å². The molecule has 3 nitrogen and oxygen atoms in total. The second kappa shape index (κ2) is 3.94. The van der Waals surface area contributed by atoms with Crippen molar-refractivity contribution in [3.05, 3.63) is 29.3 Å². The minimum atomic E-state index is -0.902. The van der Waals surface area contributed by atoms with Gasteiger partial charge in [-0.3, -0.25) is 0 Å². The van der Waals surface area contributed by atoms with Crippen LogP contribution in [0.5, 0.6) is 5.75 Å². The second-order valence-electron chi connectivity index (χ2n) is 2.71. The summed E-state index contributed by atoms with van der Waals surface area (Å²) in [5, 5.41) is 8.75. The highest BCUT2D eigenvalue weighted by molar-refractivity contribution is 5.89. The van der Waals surface area contributed by atoms with Gasteiger partial charge in [-0.2, -0.15) is 0 Å². The predicted molar refractivity (Wildman–Crippen MR) is 49.3 cm³/mol. The van der Waals surface area contributed by atoms with E-state index in [0.29, 0.717) is 17.9 Å². The first kappa shape index (κ1) is 9.58. The molecular formula is C10H12O3. The van der Waals surface area contributed by atoms with Crippen molar-refractivity contribution in [2.24, 2.45) is 0 Å². The van der Waals surface area contributed by atoms with Crippen LogP contribution in [0.1, 0.15) is 22.8 Å². The molecular weight excluding hydrogens is 168 g/mol. The summed E-state index contributed by atoms with van der Waals surface area (Å²) in [7, 11) is 0. The average molecular weight is 180 g/mol. The molecule has 0 heterocycles. The number of hydrogen-bond donors (Lipinski definition) is 1. The molecule has 70 valence electrons. The van der Waals surface area contributed by atoms with Crippen molar-refractivity contribution in [2.75, 3.05) is 6.61 Å². The molecule has 0 atom stereocenters. The molecule has 1 aromatic rings. The van der Waals surface area contributed by atoms with E-state index in [2.05, 4.69) is 0 Å². The molecule has 0 saturated heterocycles. The summed E-state index contributed by atoms with van der Waals surface area (Å²) in [4.78, 5) is 10.7. The topological polar surface area (TPSA) is 46.5 Å². The van der Waals surface area contributed by atoms with Gasteiger partial charge < -0.3 is 9.84 Å². The van der Waals surface area contributed by atoms with Crippen molar-refractivity contribution in [2.45, 2.75) is 13.8 Å². The van der Waals surface area contributed by atoms with Crippen LogP contribution in [-0.4, -0.2) is 17.7 Å². The van der Waals surface area contributed by atoms with Crippen LogP contribution in [0.25, 0.3) is 0 Å². The summed E-state index contributed by atoms with van der Waals surface area (Å²) >= 11 is 0. The van der Waals surface area contributed by atoms with Gasteiger partial charge in [0.2, 0.25) is 0 Å². The number of carboxylic acids is 1. The molecule has 0 bridgehead atoms. The third kappa shape index (κ3) is 2.21. The fourth-order valence-electron chi connectivity index (χ4n) is 1.13. The molecule has 0 aliphatic heterocycles. The number of aryl methyl sites for hydroxylation is 1. The highest BCUT2D eigenvalue weighted by Gasteiger charge is 2.06. The zero-order valence-corrected chi connectivity index (χ0v) is 7.70. The van der Waals surface area contributed by atoms with Crippen molar-refractivity contribution in [3.8, 4) is 5.75 Å². The molecule has 0 unspecified atom stereocenters. The van der Waals surface area contributed by atoms with Crippen LogP contribution in [0.15, 0.2) is 18.2 Å². The zero-order valence-electron chi connectivity index (χ0n) is 7.70. The minimum absolute atomic E-state index is 0.323. The second-order valence-corrected chi connectivity index (χ2v) is 2.71. The maximum absolute atomic E-state index is 10.7. The van der Waals surface area contributed by atoms with Gasteiger partial charge in [0.15, 0.2) is 0 Å². The molecule has 0 aliphatic rings. The molecule has 13 heavy (non-hydrogen) atoms. The standard InChI is InChI=1S/C10H12O3/c1-3-13-8-4-5-9(10(11)12)7(2)6-8/h4-6H,3H2,1-2H3,(H,11,12). The molecule has 0 amide bonds. The van der Waals surface area contributed by atoms with E-state index in [1.165, 1.54) is 0 Å². The van der Waals surface area contributed by atoms with E-state index in [9.17, 15) is 4.79 Å². The molecule has 0 radical (unpaired) electrons. The van der Waals surface area contributed by atoms with Gasteiger partial charge in [-0.05, 0) is 37.6 Å². The smallest absolute Gasteiger partial charge is 0.335 e. The van der Waals surface area contributed by atoms with Gasteiger partial charge in [0.25, 0.3) is 0 Å². The lowest BCUT2D eigenvalue weighted by atomic mass is 10.1. The Morgan fingerprint density at radius 3 is 2.69 bits per heavy atom. The Morgan fingerprint density at radius 2 is 2.23 bits per heavy atom. The lowest BCUT2D eigenvalue weighted by molar-refractivity contribution is 0.0696. The SMILES string of the molecule is CCOc1ccc(C(=O)O)c(C)c1. The molecule has 1 aromatic carbocycles. The van der Waals surface area contributed by atoms with E-state index in [1.54, 1.807) is 25.1 Å². The van der Waals surface area contributed by atoms with E-state index < -0.39 is 5.97 Å². The van der Waals surface area contributed by atoms with Gasteiger partial charge >= 0.3 is 5.97 Å². The molecule has 0 aliphatic carbocycles. The first-order valence-electron chi connectivity index (χ1n) is 4.12. The Morgan fingerprint density at radius 1 is 1.54 bits per heavy atom. The third-order valence-electron chi connectivity index (χ3n) is 1.74. The summed E-state index contributed by atoms with van der Waals surface area (Å²) in [6.07, 6.45) is 0. The minimum Gasteiger partial charge on any atom is -0.494 e. The van der Waals surface area contributed by atoms with Crippen LogP contribution < -0.4 is 4.74 Å². The first-order chi connectivity index (χ1) is 6.15. The van der Waals surface area contributed by atoms with E-state index in [1.807, 2.05) is 6.92 Å². The number of benzene rings is 1. The summed E-state index contributed by atoms with van der Waals surface area (Å²) in [6, 6.07) is 4.95. The number of ether oxygens (including phenoxy) is 1. The molecule has 1 N–H and O–H groups in total. The highest BCUT2D eigenvalue weighted by atomic mass is 16.5. The maximum atomic E-state index is 10.7. The van der Waals surface area contributed by atoms with Crippen molar-refractivity contribution < 1.29 is 14.6 Å². The highest BCUT2D eigenvalue weighted by Crippen LogP contribution is 2.16. The lowest BCUT2D eigenvalue weighted by Crippen LogP contribution is -2.00. The Bertz CT molecular complexity index is 318. The molecule has 3 heteroatoms. The van der Waals surface area contributed by atoms with Gasteiger partial charge in [0.1, 0.15) is 5.75 Å². The van der Waals surface area contributed by atoms with Gasteiger partial charge in [-0.1, -0.05) is 0 Å². The Hall–Kier alpha value is -1.51. The van der Waals surface area contributed by atoms with Crippen LogP contribution >= 0.6 is 0 Å². The van der Waals surface area contributed by atoms with Crippen LogP contribution in [-0.2, 0) is 0 Å². The van der Waals surface area contributed by atoms with Crippen molar-refractivity contribution in [3.63, 3.8) is 0 Å². The fraction of sp³-hybridized carbons (Fsp3) is 0.300. The summed E-state index contributed by atoms with van der Waals surface area (Å²) in [6.45, 7) is 4.23. The Labute approximate surface area is 77.0 Å². The average Bonchev–Trinajstić information content (AvgIpc) is 2.04. The molecule has 0 saturated carbocycles. The van der Waals surface area contributed by atoms with Crippen molar-refractivity contribution in [1.82, 2.24) is 0 Å². The van der Waals surface area contributed by atoms with E-state index in [0.717, 1.165) is 5.56 Å². The van der Waals surface area contributed by atoms with E-state index >= 15 is 0 Å². The van der Waals surface area contributed by atoms with Crippen molar-refractivity contribution in [1.29, 1.82) is 0 Å². The number of hydrogen-bond acceptors (Lipinski definition) is 2. The molecule has 0 aromatic heterocycles. The third-order valence-corrected chi connectivity index (χ3v) is 1.74. The maximum Gasteiger partial charge on any atom is 0.335 e. The number of rotatable bonds is 3. The van der Waals surface area contributed by atoms with Gasteiger partial charge in [0.05, 0.1) is 12.2 Å². The van der Waals surface area contributed by atoms with Crippen LogP contribution in [0.3, 0.4) is 0 Å². The lowest BCUT2D eigenvalue weighted by Gasteiger charge is -2.05. The quantitative estimate of drug-likeness (QED) is 0.774. The Kier molecular flexibility index (Phi) is 2.90. The number of carbonyl (C=O) groups is 1. The molecule has 1 rings (SSSR count). The number of aromatic carboxylic acids is 1. The van der Waals surface area contributed by atoms with E-state index in [4.69, 9.17) is 9.84 Å². The van der Waals surface area contributed by atoms with Gasteiger partial charge in [0, 0.05) is 0 Å². The van der Waals surface area contributed by atoms with Crippen LogP contribution in [0.2, 0.25) is 0 Å². The fourth-order valence-corrected chi connectivity index (χ4v) is 1.13. The van der Waals surface area contributed by atoms with Crippen LogP contribution in [0, 0.1) is 6.92 Å². The Balaban J connectivity index is 2.98. The summed E-state index contributed by atoms with van der Waals surface area (Å²) in [5.41, 5.74) is 1.04. The first-order valence-corrected chi connectivity index (χ1v) is 4.12. The molecule has 0 spiro atoms. The summed E-state index contributed by atoms with van der Waals surface area (Å²) < 4.78 is 5.23.